The van der Waals surface area contributed by atoms with Crippen molar-refractivity contribution in [2.75, 3.05) is 25.6 Å². The first-order chi connectivity index (χ1) is 15.4. The van der Waals surface area contributed by atoms with Crippen LogP contribution in [0, 0.1) is 11.6 Å². The van der Waals surface area contributed by atoms with Crippen LogP contribution in [0.1, 0.15) is 27.0 Å². The maximum Gasteiger partial charge on any atom is 0.193 e. The van der Waals surface area contributed by atoms with Crippen LogP contribution in [0.4, 0.5) is 20.2 Å². The van der Waals surface area contributed by atoms with Gasteiger partial charge < -0.3 is 20.3 Å². The molecule has 0 amide bonds. The van der Waals surface area contributed by atoms with E-state index in [-0.39, 0.29) is 24.7 Å². The highest BCUT2D eigenvalue weighted by atomic mass is 19.1. The zero-order valence-corrected chi connectivity index (χ0v) is 17.6. The van der Waals surface area contributed by atoms with E-state index in [9.17, 15) is 13.6 Å². The Bertz CT molecular complexity index is 1090. The van der Waals surface area contributed by atoms with E-state index in [0.717, 1.165) is 35.6 Å². The number of aliphatic hydroxyl groups excluding tert-OH is 2. The van der Waals surface area contributed by atoms with Crippen molar-refractivity contribution < 1.29 is 28.5 Å². The molecule has 1 aliphatic rings. The minimum Gasteiger partial charge on any atom is -0.394 e. The number of hydrogen-bond acceptors (Lipinski definition) is 5. The van der Waals surface area contributed by atoms with Gasteiger partial charge in [-0.25, -0.2) is 8.78 Å². The van der Waals surface area contributed by atoms with Crippen LogP contribution >= 0.6 is 0 Å². The number of aryl methyl sites for hydroxylation is 2. The standard InChI is InChI=1S/C21H15F2NO.C4H10O3/c22-15-7-10-20(19(23)12-15)24-16-8-9-18-14(11-16)6-5-13-3-1-2-4-17(13)21(18)25;1-7-3-4(6)2-5/h1-4,7-12,24H,5-6H2;4-6H,2-3H2,1H3/t;4-/m.0/s1. The van der Waals surface area contributed by atoms with E-state index < -0.39 is 17.7 Å². The summed E-state index contributed by atoms with van der Waals surface area (Å²) < 4.78 is 31.3. The van der Waals surface area contributed by atoms with E-state index in [2.05, 4.69) is 10.1 Å². The first kappa shape index (κ1) is 23.5. The Hall–Kier alpha value is -3.13. The number of ether oxygens (including phenoxy) is 1. The number of halogens is 2. The van der Waals surface area contributed by atoms with Crippen molar-refractivity contribution in [1.29, 1.82) is 0 Å². The van der Waals surface area contributed by atoms with Gasteiger partial charge in [0.2, 0.25) is 0 Å². The lowest BCUT2D eigenvalue weighted by Gasteiger charge is -2.11. The number of rotatable bonds is 5. The monoisotopic (exact) mass is 441 g/mol. The molecule has 3 N–H and O–H groups in total. The molecule has 0 heterocycles. The lowest BCUT2D eigenvalue weighted by Crippen LogP contribution is -2.17. The van der Waals surface area contributed by atoms with Gasteiger partial charge in [-0.3, -0.25) is 4.79 Å². The lowest BCUT2D eigenvalue weighted by atomic mass is 9.98. The third kappa shape index (κ3) is 5.76. The molecule has 0 unspecified atom stereocenters. The van der Waals surface area contributed by atoms with Crippen molar-refractivity contribution in [2.24, 2.45) is 0 Å². The molecule has 0 aromatic heterocycles. The Morgan fingerprint density at radius 2 is 1.72 bits per heavy atom. The molecule has 0 radical (unpaired) electrons. The number of ketones is 1. The van der Waals surface area contributed by atoms with Gasteiger partial charge in [-0.2, -0.15) is 0 Å². The number of fused-ring (bicyclic) bond motifs is 2. The summed E-state index contributed by atoms with van der Waals surface area (Å²) in [6.07, 6.45) is 0.799. The van der Waals surface area contributed by atoms with Crippen LogP contribution in [-0.2, 0) is 17.6 Å². The maximum absolute atomic E-state index is 13.8. The fraction of sp³-hybridized carbons (Fsp3) is 0.240. The second-order valence-corrected chi connectivity index (χ2v) is 7.40. The Kier molecular flexibility index (Phi) is 8.05. The number of hydrogen-bond donors (Lipinski definition) is 3. The summed E-state index contributed by atoms with van der Waals surface area (Å²) in [7, 11) is 1.47. The summed E-state index contributed by atoms with van der Waals surface area (Å²) in [5.74, 6) is -1.26. The summed E-state index contributed by atoms with van der Waals surface area (Å²) in [5.41, 5.74) is 4.26. The third-order valence-corrected chi connectivity index (χ3v) is 5.06. The van der Waals surface area contributed by atoms with Gasteiger partial charge in [0, 0.05) is 30.0 Å². The Morgan fingerprint density at radius 3 is 2.41 bits per heavy atom. The van der Waals surface area contributed by atoms with Gasteiger partial charge in [0.15, 0.2) is 5.78 Å². The zero-order chi connectivity index (χ0) is 23.1. The summed E-state index contributed by atoms with van der Waals surface area (Å²) in [6.45, 7) is -0.0235. The van der Waals surface area contributed by atoms with Crippen LogP contribution in [0.3, 0.4) is 0 Å². The molecule has 4 rings (SSSR count). The van der Waals surface area contributed by atoms with Crippen molar-refractivity contribution >= 4 is 17.2 Å². The molecular weight excluding hydrogens is 416 g/mol. The van der Waals surface area contributed by atoms with E-state index in [4.69, 9.17) is 10.2 Å². The van der Waals surface area contributed by atoms with E-state index in [0.29, 0.717) is 11.3 Å². The summed E-state index contributed by atoms with van der Waals surface area (Å²) in [6, 6.07) is 16.4. The van der Waals surface area contributed by atoms with E-state index >= 15 is 0 Å². The Balaban J connectivity index is 0.000000360. The number of anilines is 2. The average molecular weight is 441 g/mol. The number of methoxy groups -OCH3 is 1. The lowest BCUT2D eigenvalue weighted by molar-refractivity contribution is 0.0254. The van der Waals surface area contributed by atoms with Gasteiger partial charge >= 0.3 is 0 Å². The van der Waals surface area contributed by atoms with Crippen molar-refractivity contribution in [3.63, 3.8) is 0 Å². The number of benzene rings is 3. The summed E-state index contributed by atoms with van der Waals surface area (Å²) in [5, 5.41) is 19.6. The molecule has 5 nitrogen and oxygen atoms in total. The molecule has 3 aromatic rings. The Labute approximate surface area is 185 Å². The Morgan fingerprint density at radius 1 is 1.00 bits per heavy atom. The highest BCUT2D eigenvalue weighted by Crippen LogP contribution is 2.28. The van der Waals surface area contributed by atoms with Crippen molar-refractivity contribution in [3.8, 4) is 0 Å². The fourth-order valence-electron chi connectivity index (χ4n) is 3.47. The second-order valence-electron chi connectivity index (χ2n) is 7.40. The predicted octanol–water partition coefficient (Wildman–Crippen LogP) is 4.02. The maximum atomic E-state index is 13.8. The summed E-state index contributed by atoms with van der Waals surface area (Å²) >= 11 is 0. The molecular formula is C25H25F2NO4. The molecule has 7 heteroatoms. The summed E-state index contributed by atoms with van der Waals surface area (Å²) in [4.78, 5) is 12.8. The molecule has 0 saturated carbocycles. The van der Waals surface area contributed by atoms with Crippen LogP contribution < -0.4 is 5.32 Å². The topological polar surface area (TPSA) is 78.8 Å². The number of nitrogens with one attached hydrogen (secondary N) is 1. The van der Waals surface area contributed by atoms with Crippen molar-refractivity contribution in [1.82, 2.24) is 0 Å². The second kappa shape index (κ2) is 10.9. The first-order valence-electron chi connectivity index (χ1n) is 10.2. The van der Waals surface area contributed by atoms with Gasteiger partial charge in [0.1, 0.15) is 17.7 Å². The smallest absolute Gasteiger partial charge is 0.193 e. The fourth-order valence-corrected chi connectivity index (χ4v) is 3.47. The molecule has 3 aromatic carbocycles. The average Bonchev–Trinajstić information content (AvgIpc) is 2.93. The van der Waals surface area contributed by atoms with Crippen LogP contribution in [0.5, 0.6) is 0 Å². The minimum atomic E-state index is -0.718. The molecule has 1 atom stereocenters. The number of carbonyl (C=O) groups is 1. The molecule has 1 aliphatic carbocycles. The highest BCUT2D eigenvalue weighted by molar-refractivity contribution is 6.11. The third-order valence-electron chi connectivity index (χ3n) is 5.06. The quantitative estimate of drug-likeness (QED) is 0.557. The van der Waals surface area contributed by atoms with Gasteiger partial charge in [-0.05, 0) is 54.3 Å². The first-order valence-corrected chi connectivity index (χ1v) is 10.2. The van der Waals surface area contributed by atoms with Crippen molar-refractivity contribution in [2.45, 2.75) is 18.9 Å². The normalized spacial score (nSPS) is 13.2. The van der Waals surface area contributed by atoms with E-state index in [1.807, 2.05) is 30.3 Å². The zero-order valence-electron chi connectivity index (χ0n) is 17.6. The molecule has 0 saturated heterocycles. The largest absolute Gasteiger partial charge is 0.394 e. The number of aliphatic hydroxyl groups is 2. The predicted molar refractivity (Wildman–Crippen MR) is 118 cm³/mol. The van der Waals surface area contributed by atoms with Gasteiger partial charge in [-0.1, -0.05) is 24.3 Å². The van der Waals surface area contributed by atoms with Crippen LogP contribution in [0.15, 0.2) is 60.7 Å². The van der Waals surface area contributed by atoms with Crippen molar-refractivity contribution in [3.05, 3.63) is 94.6 Å². The molecule has 0 spiro atoms. The number of carbonyl (C=O) groups excluding carboxylic acids is 1. The highest BCUT2D eigenvalue weighted by Gasteiger charge is 2.21. The minimum absolute atomic E-state index is 0.0163. The van der Waals surface area contributed by atoms with Gasteiger partial charge in [0.05, 0.1) is 18.9 Å². The molecule has 0 fully saturated rings. The van der Waals surface area contributed by atoms with Crippen LogP contribution in [0.2, 0.25) is 0 Å². The van der Waals surface area contributed by atoms with E-state index in [1.165, 1.54) is 19.2 Å². The van der Waals surface area contributed by atoms with Crippen LogP contribution in [-0.4, -0.2) is 42.4 Å². The van der Waals surface area contributed by atoms with Crippen LogP contribution in [0.25, 0.3) is 0 Å². The molecule has 168 valence electrons. The molecule has 0 aliphatic heterocycles. The molecule has 0 bridgehead atoms. The SMILES string of the molecule is COC[C@@H](O)CO.O=C1c2ccccc2CCc2cc(Nc3ccc(F)cc3F)ccc21. The molecule has 32 heavy (non-hydrogen) atoms. The van der Waals surface area contributed by atoms with Gasteiger partial charge in [0.25, 0.3) is 0 Å². The van der Waals surface area contributed by atoms with Gasteiger partial charge in [-0.15, -0.1) is 0 Å². The van der Waals surface area contributed by atoms with E-state index in [1.54, 1.807) is 12.1 Å².